The highest BCUT2D eigenvalue weighted by atomic mass is 32.2. The Hall–Kier alpha value is -2.44. The molecule has 3 rings (SSSR count). The SMILES string of the molecule is Cc1ccc(C(=O)COC(=O)c2ccccc2CSc2nc(C)cs2)c(C)c1. The molecule has 0 spiro atoms. The minimum atomic E-state index is -0.482. The predicted octanol–water partition coefficient (Wildman–Crippen LogP) is 5.40. The van der Waals surface area contributed by atoms with Crippen LogP contribution in [-0.2, 0) is 10.5 Å². The summed E-state index contributed by atoms with van der Waals surface area (Å²) in [6.45, 7) is 5.55. The van der Waals surface area contributed by atoms with Crippen LogP contribution in [0.15, 0.2) is 52.2 Å². The second-order valence-electron chi connectivity index (χ2n) is 6.52. The van der Waals surface area contributed by atoms with Gasteiger partial charge in [-0.25, -0.2) is 9.78 Å². The van der Waals surface area contributed by atoms with Crippen LogP contribution in [0.2, 0.25) is 0 Å². The molecule has 0 saturated carbocycles. The van der Waals surface area contributed by atoms with Gasteiger partial charge in [0.25, 0.3) is 0 Å². The first-order valence-corrected chi connectivity index (χ1v) is 10.7. The van der Waals surface area contributed by atoms with Gasteiger partial charge in [0.15, 0.2) is 6.61 Å². The maximum absolute atomic E-state index is 12.6. The van der Waals surface area contributed by atoms with Crippen LogP contribution in [0.25, 0.3) is 0 Å². The number of aryl methyl sites for hydroxylation is 3. The number of thiazole rings is 1. The molecule has 0 fully saturated rings. The number of hydrogen-bond donors (Lipinski definition) is 0. The van der Waals surface area contributed by atoms with Crippen LogP contribution in [-0.4, -0.2) is 23.3 Å². The molecule has 4 nitrogen and oxygen atoms in total. The average Bonchev–Trinajstić information content (AvgIpc) is 3.09. The number of carbonyl (C=O) groups excluding carboxylic acids is 2. The Balaban J connectivity index is 1.64. The number of benzene rings is 2. The first kappa shape index (κ1) is 20.3. The van der Waals surface area contributed by atoms with Crippen LogP contribution >= 0.6 is 23.1 Å². The number of ether oxygens (including phenoxy) is 1. The minimum absolute atomic E-state index is 0.198. The number of hydrogen-bond acceptors (Lipinski definition) is 6. The fraction of sp³-hybridized carbons (Fsp3) is 0.227. The Morgan fingerprint density at radius 1 is 1.07 bits per heavy atom. The van der Waals surface area contributed by atoms with E-state index in [4.69, 9.17) is 4.74 Å². The summed E-state index contributed by atoms with van der Waals surface area (Å²) in [6.07, 6.45) is 0. The van der Waals surface area contributed by atoms with Gasteiger partial charge in [0.1, 0.15) is 4.34 Å². The van der Waals surface area contributed by atoms with Crippen LogP contribution in [0.1, 0.15) is 43.1 Å². The van der Waals surface area contributed by atoms with Gasteiger partial charge in [-0.05, 0) is 38.0 Å². The number of rotatable bonds is 7. The lowest BCUT2D eigenvalue weighted by Gasteiger charge is -2.10. The molecule has 144 valence electrons. The number of ketones is 1. The van der Waals surface area contributed by atoms with E-state index in [1.807, 2.05) is 50.4 Å². The minimum Gasteiger partial charge on any atom is -0.454 e. The Morgan fingerprint density at radius 3 is 2.57 bits per heavy atom. The van der Waals surface area contributed by atoms with Gasteiger partial charge in [-0.1, -0.05) is 53.7 Å². The van der Waals surface area contributed by atoms with E-state index in [9.17, 15) is 9.59 Å². The molecule has 1 heterocycles. The van der Waals surface area contributed by atoms with Crippen molar-refractivity contribution in [1.82, 2.24) is 4.98 Å². The van der Waals surface area contributed by atoms with Gasteiger partial charge in [-0.2, -0.15) is 0 Å². The average molecular weight is 412 g/mol. The van der Waals surface area contributed by atoms with Gasteiger partial charge in [0.2, 0.25) is 5.78 Å². The van der Waals surface area contributed by atoms with Crippen LogP contribution < -0.4 is 0 Å². The Morgan fingerprint density at radius 2 is 1.86 bits per heavy atom. The lowest BCUT2D eigenvalue weighted by Crippen LogP contribution is -2.16. The van der Waals surface area contributed by atoms with E-state index in [0.717, 1.165) is 26.7 Å². The molecule has 0 aliphatic carbocycles. The molecule has 0 N–H and O–H groups in total. The molecule has 6 heteroatoms. The molecule has 0 saturated heterocycles. The highest BCUT2D eigenvalue weighted by Crippen LogP contribution is 2.27. The molecule has 0 amide bonds. The zero-order valence-electron chi connectivity index (χ0n) is 16.0. The lowest BCUT2D eigenvalue weighted by molar-refractivity contribution is 0.0473. The van der Waals surface area contributed by atoms with Crippen molar-refractivity contribution >= 4 is 34.9 Å². The topological polar surface area (TPSA) is 56.3 Å². The van der Waals surface area contributed by atoms with Crippen molar-refractivity contribution in [2.75, 3.05) is 6.61 Å². The molecule has 0 radical (unpaired) electrons. The van der Waals surface area contributed by atoms with Crippen LogP contribution in [0.5, 0.6) is 0 Å². The van der Waals surface area contributed by atoms with E-state index in [1.54, 1.807) is 41.3 Å². The molecule has 1 aromatic heterocycles. The van der Waals surface area contributed by atoms with E-state index in [1.165, 1.54) is 0 Å². The standard InChI is InChI=1S/C22H21NO3S2/c1-14-8-9-18(15(2)10-14)20(24)11-26-21(25)19-7-5-4-6-17(19)13-28-22-23-16(3)12-27-22/h4-10,12H,11,13H2,1-3H3. The highest BCUT2D eigenvalue weighted by Gasteiger charge is 2.16. The second kappa shape index (κ2) is 9.17. The van der Waals surface area contributed by atoms with E-state index in [0.29, 0.717) is 16.9 Å². The fourth-order valence-electron chi connectivity index (χ4n) is 2.80. The van der Waals surface area contributed by atoms with E-state index in [2.05, 4.69) is 4.98 Å². The van der Waals surface area contributed by atoms with Crippen molar-refractivity contribution in [2.24, 2.45) is 0 Å². The predicted molar refractivity (Wildman–Crippen MR) is 113 cm³/mol. The largest absolute Gasteiger partial charge is 0.454 e. The molecule has 0 atom stereocenters. The Labute approximate surface area is 173 Å². The Kier molecular flexibility index (Phi) is 6.65. The maximum Gasteiger partial charge on any atom is 0.338 e. The van der Waals surface area contributed by atoms with Crippen molar-refractivity contribution in [3.8, 4) is 0 Å². The highest BCUT2D eigenvalue weighted by molar-refractivity contribution is 8.00. The molecule has 28 heavy (non-hydrogen) atoms. The molecule has 0 bridgehead atoms. The number of aromatic nitrogens is 1. The van der Waals surface area contributed by atoms with Crippen LogP contribution in [0.3, 0.4) is 0 Å². The van der Waals surface area contributed by atoms with Crippen LogP contribution in [0, 0.1) is 20.8 Å². The molecule has 2 aromatic carbocycles. The van der Waals surface area contributed by atoms with Crippen molar-refractivity contribution in [3.63, 3.8) is 0 Å². The summed E-state index contributed by atoms with van der Waals surface area (Å²) >= 11 is 3.17. The second-order valence-corrected chi connectivity index (χ2v) is 8.60. The van der Waals surface area contributed by atoms with E-state index >= 15 is 0 Å². The summed E-state index contributed by atoms with van der Waals surface area (Å²) in [6, 6.07) is 12.9. The van der Waals surface area contributed by atoms with Crippen molar-refractivity contribution in [1.29, 1.82) is 0 Å². The third kappa shape index (κ3) is 5.09. The van der Waals surface area contributed by atoms with Crippen molar-refractivity contribution in [2.45, 2.75) is 30.9 Å². The first-order chi connectivity index (χ1) is 13.4. The van der Waals surface area contributed by atoms with E-state index < -0.39 is 5.97 Å². The number of esters is 1. The van der Waals surface area contributed by atoms with Gasteiger partial charge in [-0.3, -0.25) is 4.79 Å². The van der Waals surface area contributed by atoms with Crippen molar-refractivity contribution < 1.29 is 14.3 Å². The zero-order chi connectivity index (χ0) is 20.1. The summed E-state index contributed by atoms with van der Waals surface area (Å²) in [5.41, 5.74) is 4.90. The summed E-state index contributed by atoms with van der Waals surface area (Å²) < 4.78 is 6.28. The van der Waals surface area contributed by atoms with E-state index in [-0.39, 0.29) is 12.4 Å². The molecular weight excluding hydrogens is 390 g/mol. The number of Topliss-reactive ketones (excluding diaryl/α,β-unsaturated/α-hetero) is 1. The number of thioether (sulfide) groups is 1. The number of carbonyl (C=O) groups is 2. The monoisotopic (exact) mass is 411 g/mol. The summed E-state index contributed by atoms with van der Waals surface area (Å²) in [4.78, 5) is 29.4. The zero-order valence-corrected chi connectivity index (χ0v) is 17.7. The summed E-state index contributed by atoms with van der Waals surface area (Å²) in [5, 5.41) is 2.00. The van der Waals surface area contributed by atoms with Gasteiger partial charge in [-0.15, -0.1) is 11.3 Å². The summed E-state index contributed by atoms with van der Waals surface area (Å²) in [7, 11) is 0. The van der Waals surface area contributed by atoms with Gasteiger partial charge >= 0.3 is 5.97 Å². The van der Waals surface area contributed by atoms with Crippen molar-refractivity contribution in [3.05, 3.63) is 81.4 Å². The third-order valence-electron chi connectivity index (χ3n) is 4.20. The maximum atomic E-state index is 12.6. The molecule has 0 aliphatic rings. The lowest BCUT2D eigenvalue weighted by atomic mass is 10.0. The molecule has 0 unspecified atom stereocenters. The fourth-order valence-corrected chi connectivity index (χ4v) is 4.65. The smallest absolute Gasteiger partial charge is 0.338 e. The van der Waals surface area contributed by atoms with Gasteiger partial charge < -0.3 is 4.74 Å². The normalized spacial score (nSPS) is 10.7. The van der Waals surface area contributed by atoms with Gasteiger partial charge in [0.05, 0.1) is 5.56 Å². The molecule has 3 aromatic rings. The number of nitrogens with zero attached hydrogens (tertiary/aromatic N) is 1. The quantitative estimate of drug-likeness (QED) is 0.296. The summed E-state index contributed by atoms with van der Waals surface area (Å²) in [5.74, 6) is -0.0657. The Bertz CT molecular complexity index is 1010. The first-order valence-electron chi connectivity index (χ1n) is 8.84. The van der Waals surface area contributed by atoms with Gasteiger partial charge in [0, 0.05) is 22.4 Å². The molecule has 0 aliphatic heterocycles. The third-order valence-corrected chi connectivity index (χ3v) is 6.39. The van der Waals surface area contributed by atoms with Crippen LogP contribution in [0.4, 0.5) is 0 Å². The molecular formula is C22H21NO3S2.